The van der Waals surface area contributed by atoms with Gasteiger partial charge in [0, 0.05) is 12.1 Å². The second-order valence-electron chi connectivity index (χ2n) is 6.91. The second-order valence-corrected chi connectivity index (χ2v) is 6.91. The molecule has 0 saturated carbocycles. The van der Waals surface area contributed by atoms with Crippen LogP contribution in [0.5, 0.6) is 0 Å². The first-order valence-corrected chi connectivity index (χ1v) is 7.52. The van der Waals surface area contributed by atoms with Crippen molar-refractivity contribution in [3.05, 3.63) is 71.0 Å². The van der Waals surface area contributed by atoms with E-state index in [9.17, 15) is 9.18 Å². The summed E-state index contributed by atoms with van der Waals surface area (Å²) in [5.74, 6) is -0.202. The highest BCUT2D eigenvalue weighted by molar-refractivity contribution is 5.98. The number of rotatable bonds is 2. The molecule has 3 heteroatoms. The van der Waals surface area contributed by atoms with Gasteiger partial charge >= 0.3 is 0 Å². The highest BCUT2D eigenvalue weighted by Gasteiger charge is 2.39. The Hall–Kier alpha value is -2.16. The Labute approximate surface area is 130 Å². The molecule has 3 rings (SSSR count). The van der Waals surface area contributed by atoms with E-state index in [-0.39, 0.29) is 23.2 Å². The average molecular weight is 297 g/mol. The quantitative estimate of drug-likeness (QED) is 0.795. The van der Waals surface area contributed by atoms with E-state index in [0.717, 1.165) is 16.7 Å². The largest absolute Gasteiger partial charge is 0.327 e. The van der Waals surface area contributed by atoms with Crippen LogP contribution in [0.4, 0.5) is 4.39 Å². The van der Waals surface area contributed by atoms with Gasteiger partial charge in [0.25, 0.3) is 5.91 Å². The summed E-state index contributed by atoms with van der Waals surface area (Å²) >= 11 is 0. The lowest BCUT2D eigenvalue weighted by atomic mass is 9.81. The van der Waals surface area contributed by atoms with E-state index in [1.165, 1.54) is 12.1 Å². The maximum atomic E-state index is 13.2. The number of hydrogen-bond acceptors (Lipinski definition) is 1. The minimum Gasteiger partial charge on any atom is -0.327 e. The van der Waals surface area contributed by atoms with E-state index >= 15 is 0 Å². The molecule has 1 amide bonds. The topological polar surface area (TPSA) is 20.3 Å². The van der Waals surface area contributed by atoms with Crippen LogP contribution in [0.2, 0.25) is 0 Å². The number of fused-ring (bicyclic) bond motifs is 1. The van der Waals surface area contributed by atoms with Gasteiger partial charge in [-0.1, -0.05) is 51.1 Å². The smallest absolute Gasteiger partial charge is 0.255 e. The minimum absolute atomic E-state index is 0.0554. The Balaban J connectivity index is 2.02. The van der Waals surface area contributed by atoms with Gasteiger partial charge in [-0.3, -0.25) is 4.79 Å². The van der Waals surface area contributed by atoms with Gasteiger partial charge in [-0.25, -0.2) is 4.39 Å². The molecule has 0 aromatic heterocycles. The summed E-state index contributed by atoms with van der Waals surface area (Å²) in [6.07, 6.45) is 0. The zero-order chi connectivity index (χ0) is 15.9. The molecule has 2 aromatic carbocycles. The first kappa shape index (κ1) is 14.8. The normalized spacial score (nSPS) is 15.8. The number of halogens is 1. The summed E-state index contributed by atoms with van der Waals surface area (Å²) in [4.78, 5) is 14.7. The molecule has 22 heavy (non-hydrogen) atoms. The molecule has 114 valence electrons. The number of nitrogens with zero attached hydrogens (tertiary/aromatic N) is 1. The van der Waals surface area contributed by atoms with Gasteiger partial charge in [0.05, 0.1) is 6.04 Å². The van der Waals surface area contributed by atoms with Crippen LogP contribution in [0, 0.1) is 11.2 Å². The Morgan fingerprint density at radius 1 is 1.05 bits per heavy atom. The summed E-state index contributed by atoms with van der Waals surface area (Å²) in [7, 11) is 0. The third-order valence-electron chi connectivity index (χ3n) is 4.17. The Kier molecular flexibility index (Phi) is 3.51. The Morgan fingerprint density at radius 2 is 1.68 bits per heavy atom. The molecular formula is C19H20FNO. The summed E-state index contributed by atoms with van der Waals surface area (Å²) in [5.41, 5.74) is 2.66. The Morgan fingerprint density at radius 3 is 2.27 bits per heavy atom. The predicted molar refractivity (Wildman–Crippen MR) is 84.9 cm³/mol. The van der Waals surface area contributed by atoms with Crippen LogP contribution in [0.1, 0.15) is 48.3 Å². The van der Waals surface area contributed by atoms with Crippen LogP contribution < -0.4 is 0 Å². The monoisotopic (exact) mass is 297 g/mol. The van der Waals surface area contributed by atoms with Gasteiger partial charge in [-0.05, 0) is 34.7 Å². The molecule has 2 aromatic rings. The summed E-state index contributed by atoms with van der Waals surface area (Å²) in [5, 5.41) is 0. The van der Waals surface area contributed by atoms with Crippen molar-refractivity contribution in [1.29, 1.82) is 0 Å². The first-order chi connectivity index (χ1) is 10.4. The third kappa shape index (κ3) is 2.52. The molecule has 0 aliphatic carbocycles. The molecule has 0 fully saturated rings. The number of hydrogen-bond donors (Lipinski definition) is 0. The molecular weight excluding hydrogens is 277 g/mol. The van der Waals surface area contributed by atoms with Crippen molar-refractivity contribution in [2.45, 2.75) is 33.4 Å². The molecule has 0 spiro atoms. The van der Waals surface area contributed by atoms with Crippen molar-refractivity contribution in [2.75, 3.05) is 0 Å². The van der Waals surface area contributed by atoms with Gasteiger partial charge in [0.15, 0.2) is 0 Å². The number of benzene rings is 2. The van der Waals surface area contributed by atoms with Crippen molar-refractivity contribution in [2.24, 2.45) is 5.41 Å². The van der Waals surface area contributed by atoms with E-state index in [0.29, 0.717) is 6.54 Å². The summed E-state index contributed by atoms with van der Waals surface area (Å²) < 4.78 is 13.2. The van der Waals surface area contributed by atoms with E-state index in [1.54, 1.807) is 12.1 Å². The predicted octanol–water partition coefficient (Wildman–Crippen LogP) is 4.57. The molecule has 0 saturated heterocycles. The second kappa shape index (κ2) is 5.24. The van der Waals surface area contributed by atoms with Crippen LogP contribution in [0.25, 0.3) is 0 Å². The number of carbonyl (C=O) groups excluding carboxylic acids is 1. The SMILES string of the molecule is CC(C)(C)C(c1ccc(F)cc1)N1Cc2ccccc2C1=O. The lowest BCUT2D eigenvalue weighted by molar-refractivity contribution is 0.0537. The Bertz CT molecular complexity index is 700. The van der Waals surface area contributed by atoms with Gasteiger partial charge in [0.1, 0.15) is 5.82 Å². The van der Waals surface area contributed by atoms with Crippen LogP contribution in [-0.2, 0) is 6.54 Å². The molecule has 1 unspecified atom stereocenters. The molecule has 2 nitrogen and oxygen atoms in total. The van der Waals surface area contributed by atoms with Crippen LogP contribution in [-0.4, -0.2) is 10.8 Å². The molecule has 1 aliphatic heterocycles. The van der Waals surface area contributed by atoms with Crippen molar-refractivity contribution in [1.82, 2.24) is 4.90 Å². The maximum Gasteiger partial charge on any atom is 0.255 e. The van der Waals surface area contributed by atoms with E-state index < -0.39 is 0 Å². The van der Waals surface area contributed by atoms with Gasteiger partial charge < -0.3 is 4.90 Å². The molecule has 1 aliphatic rings. The molecule has 0 bridgehead atoms. The van der Waals surface area contributed by atoms with Crippen molar-refractivity contribution in [3.8, 4) is 0 Å². The first-order valence-electron chi connectivity index (χ1n) is 7.52. The highest BCUT2D eigenvalue weighted by Crippen LogP contribution is 2.42. The zero-order valence-corrected chi connectivity index (χ0v) is 13.1. The fraction of sp³-hybridized carbons (Fsp3) is 0.316. The van der Waals surface area contributed by atoms with Crippen LogP contribution in [0.3, 0.4) is 0 Å². The van der Waals surface area contributed by atoms with E-state index in [2.05, 4.69) is 20.8 Å². The van der Waals surface area contributed by atoms with Crippen LogP contribution >= 0.6 is 0 Å². The molecule has 0 N–H and O–H groups in total. The highest BCUT2D eigenvalue weighted by atomic mass is 19.1. The molecule has 0 radical (unpaired) electrons. The zero-order valence-electron chi connectivity index (χ0n) is 13.1. The fourth-order valence-electron chi connectivity index (χ4n) is 3.28. The fourth-order valence-corrected chi connectivity index (χ4v) is 3.28. The van der Waals surface area contributed by atoms with Gasteiger partial charge in [-0.15, -0.1) is 0 Å². The minimum atomic E-state index is -0.257. The van der Waals surface area contributed by atoms with Crippen molar-refractivity contribution in [3.63, 3.8) is 0 Å². The van der Waals surface area contributed by atoms with Crippen molar-refractivity contribution < 1.29 is 9.18 Å². The lowest BCUT2D eigenvalue weighted by Gasteiger charge is -2.38. The van der Waals surface area contributed by atoms with E-state index in [4.69, 9.17) is 0 Å². The standard InChI is InChI=1S/C19H20FNO/c1-19(2,3)17(13-8-10-15(20)11-9-13)21-12-14-6-4-5-7-16(14)18(21)22/h4-11,17H,12H2,1-3H3. The average Bonchev–Trinajstić information content (AvgIpc) is 2.78. The third-order valence-corrected chi connectivity index (χ3v) is 4.17. The molecule has 1 heterocycles. The molecule has 1 atom stereocenters. The van der Waals surface area contributed by atoms with Gasteiger partial charge in [0.2, 0.25) is 0 Å². The summed E-state index contributed by atoms with van der Waals surface area (Å²) in [6, 6.07) is 14.1. The lowest BCUT2D eigenvalue weighted by Crippen LogP contribution is -2.37. The maximum absolute atomic E-state index is 13.2. The number of amides is 1. The number of carbonyl (C=O) groups is 1. The van der Waals surface area contributed by atoms with E-state index in [1.807, 2.05) is 29.2 Å². The van der Waals surface area contributed by atoms with Crippen LogP contribution in [0.15, 0.2) is 48.5 Å². The van der Waals surface area contributed by atoms with Crippen molar-refractivity contribution >= 4 is 5.91 Å². The summed E-state index contributed by atoms with van der Waals surface area (Å²) in [6.45, 7) is 6.93. The van der Waals surface area contributed by atoms with Gasteiger partial charge in [-0.2, -0.15) is 0 Å².